The third-order valence-corrected chi connectivity index (χ3v) is 2.67. The molecule has 0 aromatic rings. The minimum atomic E-state index is -0.100. The van der Waals surface area contributed by atoms with Gasteiger partial charge in [-0.2, -0.15) is 0 Å². The molecule has 0 aliphatic heterocycles. The number of aliphatic hydroxyl groups is 1. The summed E-state index contributed by atoms with van der Waals surface area (Å²) in [6, 6.07) is 0. The lowest BCUT2D eigenvalue weighted by Crippen LogP contribution is -2.22. The van der Waals surface area contributed by atoms with Crippen LogP contribution in [0.25, 0.3) is 0 Å². The van der Waals surface area contributed by atoms with Gasteiger partial charge < -0.3 is 5.11 Å². The van der Waals surface area contributed by atoms with Gasteiger partial charge in [-0.15, -0.1) is 0 Å². The zero-order chi connectivity index (χ0) is 8.85. The highest BCUT2D eigenvalue weighted by Gasteiger charge is 2.17. The maximum Gasteiger partial charge on any atom is 0.0565 e. The van der Waals surface area contributed by atoms with Crippen molar-refractivity contribution in [2.75, 3.05) is 0 Å². The number of hydrogen-bond donors (Lipinski definition) is 1. The van der Waals surface area contributed by atoms with E-state index >= 15 is 0 Å². The van der Waals surface area contributed by atoms with E-state index in [-0.39, 0.29) is 6.10 Å². The Hall–Kier alpha value is -0.0400. The summed E-state index contributed by atoms with van der Waals surface area (Å²) in [6.07, 6.45) is 3.24. The van der Waals surface area contributed by atoms with Crippen molar-refractivity contribution in [1.82, 2.24) is 0 Å². The van der Waals surface area contributed by atoms with E-state index in [1.165, 1.54) is 12.8 Å². The molecule has 0 unspecified atom stereocenters. The van der Waals surface area contributed by atoms with E-state index in [4.69, 9.17) is 0 Å². The highest BCUT2D eigenvalue weighted by atomic mass is 16.3. The van der Waals surface area contributed by atoms with E-state index in [0.717, 1.165) is 6.42 Å². The Morgan fingerprint density at radius 3 is 2.09 bits per heavy atom. The van der Waals surface area contributed by atoms with E-state index in [0.29, 0.717) is 11.8 Å². The molecule has 0 saturated heterocycles. The molecule has 0 amide bonds. The lowest BCUT2D eigenvalue weighted by molar-refractivity contribution is 0.0811. The monoisotopic (exact) mass is 158 g/mol. The Bertz CT molecular complexity index is 90.9. The van der Waals surface area contributed by atoms with Crippen LogP contribution in [0.2, 0.25) is 0 Å². The molecule has 1 heteroatoms. The predicted octanol–water partition coefficient (Wildman–Crippen LogP) is 2.83. The van der Waals surface area contributed by atoms with Gasteiger partial charge in [-0.25, -0.2) is 0 Å². The lowest BCUT2D eigenvalue weighted by Gasteiger charge is -2.23. The van der Waals surface area contributed by atoms with E-state index in [9.17, 15) is 5.11 Å². The lowest BCUT2D eigenvalue weighted by atomic mass is 9.86. The van der Waals surface area contributed by atoms with Crippen molar-refractivity contribution >= 4 is 0 Å². The molecule has 0 saturated carbocycles. The summed E-state index contributed by atoms with van der Waals surface area (Å²) in [6.45, 7) is 8.61. The molecule has 0 aromatic heterocycles. The summed E-state index contributed by atoms with van der Waals surface area (Å²) in [5.41, 5.74) is 0. The second-order valence-corrected chi connectivity index (χ2v) is 3.60. The number of aliphatic hydroxyl groups excluding tert-OH is 1. The fraction of sp³-hybridized carbons (Fsp3) is 1.00. The molecule has 11 heavy (non-hydrogen) atoms. The Balaban J connectivity index is 3.70. The standard InChI is InChI=1S/C10H22O/c1-5-7-8(3)9(4)10(11)6-2/h8-11H,5-7H2,1-4H3/t8-,9-,10-/m1/s1. The molecular weight excluding hydrogens is 136 g/mol. The molecule has 68 valence electrons. The maximum atomic E-state index is 9.52. The first-order valence-corrected chi connectivity index (χ1v) is 4.81. The minimum Gasteiger partial charge on any atom is -0.393 e. The molecule has 1 N–H and O–H groups in total. The molecule has 0 bridgehead atoms. The zero-order valence-electron chi connectivity index (χ0n) is 8.30. The van der Waals surface area contributed by atoms with Crippen molar-refractivity contribution < 1.29 is 5.11 Å². The molecule has 3 atom stereocenters. The molecule has 0 aromatic carbocycles. The molecular formula is C10H22O. The summed E-state index contributed by atoms with van der Waals surface area (Å²) in [5, 5.41) is 9.52. The van der Waals surface area contributed by atoms with Gasteiger partial charge in [0.05, 0.1) is 6.10 Å². The molecule has 0 radical (unpaired) electrons. The van der Waals surface area contributed by atoms with Crippen LogP contribution >= 0.6 is 0 Å². The fourth-order valence-corrected chi connectivity index (χ4v) is 1.47. The van der Waals surface area contributed by atoms with Crippen LogP contribution in [0.3, 0.4) is 0 Å². The normalized spacial score (nSPS) is 19.4. The molecule has 0 aliphatic rings. The predicted molar refractivity (Wildman–Crippen MR) is 49.5 cm³/mol. The summed E-state index contributed by atoms with van der Waals surface area (Å²) in [4.78, 5) is 0. The number of rotatable bonds is 5. The average molecular weight is 158 g/mol. The van der Waals surface area contributed by atoms with E-state index in [1.807, 2.05) is 6.92 Å². The van der Waals surface area contributed by atoms with Crippen LogP contribution < -0.4 is 0 Å². The first kappa shape index (κ1) is 11.0. The SMILES string of the molecule is CCC[C@@H](C)[C@@H](C)[C@H](O)CC. The first-order valence-electron chi connectivity index (χ1n) is 4.81. The van der Waals surface area contributed by atoms with Gasteiger partial charge in [0.1, 0.15) is 0 Å². The van der Waals surface area contributed by atoms with E-state index in [2.05, 4.69) is 20.8 Å². The maximum absolute atomic E-state index is 9.52. The van der Waals surface area contributed by atoms with Crippen molar-refractivity contribution in [3.8, 4) is 0 Å². The van der Waals surface area contributed by atoms with Gasteiger partial charge in [-0.3, -0.25) is 0 Å². The Morgan fingerprint density at radius 2 is 1.73 bits per heavy atom. The largest absolute Gasteiger partial charge is 0.393 e. The van der Waals surface area contributed by atoms with Crippen molar-refractivity contribution in [2.24, 2.45) is 11.8 Å². The summed E-state index contributed by atoms with van der Waals surface area (Å²) in [5.74, 6) is 1.12. The molecule has 0 heterocycles. The third kappa shape index (κ3) is 3.76. The van der Waals surface area contributed by atoms with Crippen molar-refractivity contribution in [3.05, 3.63) is 0 Å². The van der Waals surface area contributed by atoms with Crippen LogP contribution in [0.1, 0.15) is 47.0 Å². The minimum absolute atomic E-state index is 0.100. The summed E-state index contributed by atoms with van der Waals surface area (Å²) >= 11 is 0. The molecule has 0 aliphatic carbocycles. The van der Waals surface area contributed by atoms with Gasteiger partial charge in [-0.1, -0.05) is 40.5 Å². The average Bonchev–Trinajstić information content (AvgIpc) is 2.02. The zero-order valence-corrected chi connectivity index (χ0v) is 8.30. The van der Waals surface area contributed by atoms with Gasteiger partial charge in [0, 0.05) is 0 Å². The Labute approximate surface area is 70.8 Å². The quantitative estimate of drug-likeness (QED) is 0.652. The first-order chi connectivity index (χ1) is 5.13. The van der Waals surface area contributed by atoms with Gasteiger partial charge >= 0.3 is 0 Å². The Kier molecular flexibility index (Phi) is 5.57. The van der Waals surface area contributed by atoms with Gasteiger partial charge in [0.15, 0.2) is 0 Å². The van der Waals surface area contributed by atoms with Crippen LogP contribution in [0.5, 0.6) is 0 Å². The molecule has 1 nitrogen and oxygen atoms in total. The van der Waals surface area contributed by atoms with Crippen molar-refractivity contribution in [3.63, 3.8) is 0 Å². The van der Waals surface area contributed by atoms with Crippen LogP contribution in [0.4, 0.5) is 0 Å². The van der Waals surface area contributed by atoms with Crippen LogP contribution in [0.15, 0.2) is 0 Å². The highest BCUT2D eigenvalue weighted by Crippen LogP contribution is 2.21. The second kappa shape index (κ2) is 5.59. The van der Waals surface area contributed by atoms with E-state index < -0.39 is 0 Å². The summed E-state index contributed by atoms with van der Waals surface area (Å²) in [7, 11) is 0. The van der Waals surface area contributed by atoms with Crippen molar-refractivity contribution in [1.29, 1.82) is 0 Å². The third-order valence-electron chi connectivity index (χ3n) is 2.67. The van der Waals surface area contributed by atoms with Gasteiger partial charge in [-0.05, 0) is 18.3 Å². The van der Waals surface area contributed by atoms with E-state index in [1.54, 1.807) is 0 Å². The molecule has 0 fully saturated rings. The Morgan fingerprint density at radius 1 is 1.18 bits per heavy atom. The van der Waals surface area contributed by atoms with Gasteiger partial charge in [0.2, 0.25) is 0 Å². The van der Waals surface area contributed by atoms with Gasteiger partial charge in [0.25, 0.3) is 0 Å². The number of hydrogen-bond acceptors (Lipinski definition) is 1. The fourth-order valence-electron chi connectivity index (χ4n) is 1.47. The molecule has 0 spiro atoms. The topological polar surface area (TPSA) is 20.2 Å². The molecule has 0 rings (SSSR count). The highest BCUT2D eigenvalue weighted by molar-refractivity contribution is 4.68. The van der Waals surface area contributed by atoms with Crippen LogP contribution in [-0.2, 0) is 0 Å². The van der Waals surface area contributed by atoms with Crippen LogP contribution in [-0.4, -0.2) is 11.2 Å². The van der Waals surface area contributed by atoms with Crippen molar-refractivity contribution in [2.45, 2.75) is 53.1 Å². The summed E-state index contributed by atoms with van der Waals surface area (Å²) < 4.78 is 0. The second-order valence-electron chi connectivity index (χ2n) is 3.60. The van der Waals surface area contributed by atoms with Crippen LogP contribution in [0, 0.1) is 11.8 Å². The smallest absolute Gasteiger partial charge is 0.0565 e.